The first kappa shape index (κ1) is 13.0. The van der Waals surface area contributed by atoms with E-state index in [0.29, 0.717) is 13.1 Å². The summed E-state index contributed by atoms with van der Waals surface area (Å²) in [6, 6.07) is 3.00. The highest BCUT2D eigenvalue weighted by Crippen LogP contribution is 2.23. The SMILES string of the molecule is Cn1nc(C(=O)N2CC(n3cc(Br)cn3)C2)ccc1=O. The molecule has 0 atom stereocenters. The van der Waals surface area contributed by atoms with E-state index in [4.69, 9.17) is 0 Å². The molecule has 0 spiro atoms. The van der Waals surface area contributed by atoms with E-state index in [2.05, 4.69) is 26.1 Å². The van der Waals surface area contributed by atoms with Crippen LogP contribution in [0.1, 0.15) is 16.5 Å². The van der Waals surface area contributed by atoms with Crippen molar-refractivity contribution >= 4 is 21.8 Å². The minimum atomic E-state index is -0.232. The summed E-state index contributed by atoms with van der Waals surface area (Å²) in [5, 5.41) is 8.16. The summed E-state index contributed by atoms with van der Waals surface area (Å²) in [6.07, 6.45) is 3.61. The average Bonchev–Trinajstić information content (AvgIpc) is 2.77. The van der Waals surface area contributed by atoms with Crippen LogP contribution in [0.5, 0.6) is 0 Å². The largest absolute Gasteiger partial charge is 0.333 e. The lowest BCUT2D eigenvalue weighted by atomic mass is 10.1. The molecule has 0 unspecified atom stereocenters. The summed E-state index contributed by atoms with van der Waals surface area (Å²) in [6.45, 7) is 1.19. The van der Waals surface area contributed by atoms with Crippen LogP contribution in [-0.2, 0) is 7.05 Å². The van der Waals surface area contributed by atoms with Crippen LogP contribution in [0.2, 0.25) is 0 Å². The molecule has 3 heterocycles. The summed E-state index contributed by atoms with van der Waals surface area (Å²) < 4.78 is 3.92. The minimum Gasteiger partial charge on any atom is -0.333 e. The van der Waals surface area contributed by atoms with E-state index in [-0.39, 0.29) is 23.2 Å². The molecule has 3 rings (SSSR count). The van der Waals surface area contributed by atoms with Crippen LogP contribution in [0.15, 0.2) is 33.8 Å². The third kappa shape index (κ3) is 2.26. The summed E-state index contributed by atoms with van der Waals surface area (Å²) in [4.78, 5) is 25.1. The van der Waals surface area contributed by atoms with Gasteiger partial charge in [0.05, 0.1) is 16.7 Å². The predicted molar refractivity (Wildman–Crippen MR) is 74.3 cm³/mol. The lowest BCUT2D eigenvalue weighted by molar-refractivity contribution is 0.0493. The molecule has 104 valence electrons. The predicted octanol–water partition coefficient (Wildman–Crippen LogP) is 0.436. The van der Waals surface area contributed by atoms with Gasteiger partial charge in [-0.3, -0.25) is 14.3 Å². The van der Waals surface area contributed by atoms with Crippen molar-refractivity contribution < 1.29 is 4.79 Å². The normalized spacial score (nSPS) is 15.2. The number of likely N-dealkylation sites (tertiary alicyclic amines) is 1. The Bertz CT molecular complexity index is 717. The van der Waals surface area contributed by atoms with Crippen molar-refractivity contribution in [3.8, 4) is 0 Å². The zero-order valence-corrected chi connectivity index (χ0v) is 12.3. The molecular weight excluding hydrogens is 326 g/mol. The van der Waals surface area contributed by atoms with E-state index in [1.54, 1.807) is 11.1 Å². The molecule has 0 aromatic carbocycles. The zero-order chi connectivity index (χ0) is 14.3. The Labute approximate surface area is 122 Å². The molecule has 1 amide bonds. The van der Waals surface area contributed by atoms with Crippen molar-refractivity contribution in [3.05, 3.63) is 45.0 Å². The lowest BCUT2D eigenvalue weighted by Gasteiger charge is -2.38. The molecule has 8 heteroatoms. The van der Waals surface area contributed by atoms with Gasteiger partial charge in [0.15, 0.2) is 0 Å². The van der Waals surface area contributed by atoms with Crippen LogP contribution >= 0.6 is 15.9 Å². The van der Waals surface area contributed by atoms with Gasteiger partial charge >= 0.3 is 0 Å². The number of hydrogen-bond acceptors (Lipinski definition) is 4. The molecule has 0 radical (unpaired) electrons. The molecule has 7 nitrogen and oxygen atoms in total. The molecule has 1 saturated heterocycles. The molecule has 0 bridgehead atoms. The highest BCUT2D eigenvalue weighted by molar-refractivity contribution is 9.10. The Kier molecular flexibility index (Phi) is 3.17. The van der Waals surface area contributed by atoms with Gasteiger partial charge in [0, 0.05) is 32.4 Å². The Hall–Kier alpha value is -1.96. The lowest BCUT2D eigenvalue weighted by Crippen LogP contribution is -2.51. The smallest absolute Gasteiger partial charge is 0.274 e. The number of nitrogens with zero attached hydrogens (tertiary/aromatic N) is 5. The Morgan fingerprint density at radius 1 is 1.40 bits per heavy atom. The van der Waals surface area contributed by atoms with Crippen molar-refractivity contribution in [1.82, 2.24) is 24.5 Å². The number of hydrogen-bond donors (Lipinski definition) is 0. The number of rotatable bonds is 2. The number of aryl methyl sites for hydroxylation is 1. The van der Waals surface area contributed by atoms with Crippen LogP contribution < -0.4 is 5.56 Å². The number of carbonyl (C=O) groups is 1. The molecule has 0 N–H and O–H groups in total. The summed E-state index contributed by atoms with van der Waals surface area (Å²) in [7, 11) is 1.53. The highest BCUT2D eigenvalue weighted by atomic mass is 79.9. The van der Waals surface area contributed by atoms with Crippen molar-refractivity contribution in [3.63, 3.8) is 0 Å². The molecular formula is C12H12BrN5O2. The fourth-order valence-corrected chi connectivity index (χ4v) is 2.38. The van der Waals surface area contributed by atoms with E-state index in [1.165, 1.54) is 19.2 Å². The first-order valence-corrected chi connectivity index (χ1v) is 6.87. The van der Waals surface area contributed by atoms with E-state index < -0.39 is 0 Å². The van der Waals surface area contributed by atoms with Gasteiger partial charge in [-0.2, -0.15) is 10.2 Å². The molecule has 20 heavy (non-hydrogen) atoms. The van der Waals surface area contributed by atoms with E-state index in [9.17, 15) is 9.59 Å². The van der Waals surface area contributed by atoms with E-state index in [1.807, 2.05) is 10.9 Å². The minimum absolute atomic E-state index is 0.164. The molecule has 1 aliphatic rings. The fourth-order valence-electron chi connectivity index (χ4n) is 2.08. The monoisotopic (exact) mass is 337 g/mol. The van der Waals surface area contributed by atoms with Crippen LogP contribution in [0, 0.1) is 0 Å². The van der Waals surface area contributed by atoms with Gasteiger partial charge in [0.1, 0.15) is 5.69 Å². The Balaban J connectivity index is 1.68. The third-order valence-electron chi connectivity index (χ3n) is 3.27. The molecule has 2 aromatic heterocycles. The topological polar surface area (TPSA) is 73.0 Å². The Morgan fingerprint density at radius 2 is 2.15 bits per heavy atom. The van der Waals surface area contributed by atoms with E-state index >= 15 is 0 Å². The van der Waals surface area contributed by atoms with Crippen LogP contribution in [0.3, 0.4) is 0 Å². The molecule has 0 aliphatic carbocycles. The molecule has 0 saturated carbocycles. The maximum absolute atomic E-state index is 12.2. The third-order valence-corrected chi connectivity index (χ3v) is 3.68. The van der Waals surface area contributed by atoms with Crippen molar-refractivity contribution in [2.75, 3.05) is 13.1 Å². The number of carbonyl (C=O) groups excluding carboxylic acids is 1. The average molecular weight is 338 g/mol. The van der Waals surface area contributed by atoms with Crippen LogP contribution in [0.4, 0.5) is 0 Å². The van der Waals surface area contributed by atoms with Gasteiger partial charge in [-0.1, -0.05) is 0 Å². The quantitative estimate of drug-likeness (QED) is 0.796. The van der Waals surface area contributed by atoms with Crippen molar-refractivity contribution in [1.29, 1.82) is 0 Å². The summed E-state index contributed by atoms with van der Waals surface area (Å²) >= 11 is 3.34. The number of amides is 1. The maximum Gasteiger partial charge on any atom is 0.274 e. The zero-order valence-electron chi connectivity index (χ0n) is 10.7. The standard InChI is InChI=1S/C12H12BrN5O2/c1-16-11(19)3-2-10(15-16)12(20)17-6-9(7-17)18-5-8(13)4-14-18/h2-5,9H,6-7H2,1H3. The summed E-state index contributed by atoms with van der Waals surface area (Å²) in [5.41, 5.74) is 0.0524. The number of halogens is 1. The highest BCUT2D eigenvalue weighted by Gasteiger charge is 2.33. The van der Waals surface area contributed by atoms with E-state index in [0.717, 1.165) is 9.15 Å². The summed E-state index contributed by atoms with van der Waals surface area (Å²) in [5.74, 6) is -0.164. The fraction of sp³-hybridized carbons (Fsp3) is 0.333. The van der Waals surface area contributed by atoms with Crippen LogP contribution in [0.25, 0.3) is 0 Å². The van der Waals surface area contributed by atoms with Crippen molar-refractivity contribution in [2.45, 2.75) is 6.04 Å². The first-order chi connectivity index (χ1) is 9.54. The van der Waals surface area contributed by atoms with Gasteiger partial charge in [-0.05, 0) is 22.0 Å². The maximum atomic E-state index is 12.2. The molecule has 1 aliphatic heterocycles. The number of aromatic nitrogens is 4. The second-order valence-corrected chi connectivity index (χ2v) is 5.60. The first-order valence-electron chi connectivity index (χ1n) is 6.08. The second kappa shape index (κ2) is 4.86. The van der Waals surface area contributed by atoms with Gasteiger partial charge in [-0.25, -0.2) is 4.68 Å². The molecule has 2 aromatic rings. The Morgan fingerprint density at radius 3 is 2.75 bits per heavy atom. The van der Waals surface area contributed by atoms with Crippen molar-refractivity contribution in [2.24, 2.45) is 7.05 Å². The van der Waals surface area contributed by atoms with Crippen LogP contribution in [-0.4, -0.2) is 43.5 Å². The van der Waals surface area contributed by atoms with Gasteiger partial charge in [-0.15, -0.1) is 0 Å². The second-order valence-electron chi connectivity index (χ2n) is 4.68. The van der Waals surface area contributed by atoms with Gasteiger partial charge in [0.25, 0.3) is 11.5 Å². The van der Waals surface area contributed by atoms with Gasteiger partial charge < -0.3 is 4.90 Å². The van der Waals surface area contributed by atoms with Gasteiger partial charge in [0.2, 0.25) is 0 Å². The molecule has 1 fully saturated rings.